The fraction of sp³-hybridized carbons (Fsp3) is 0.522. The van der Waals surface area contributed by atoms with Crippen LogP contribution in [0.2, 0.25) is 0 Å². The molecule has 1 aromatic carbocycles. The molecule has 1 unspecified atom stereocenters. The Morgan fingerprint density at radius 3 is 2.62 bits per heavy atom. The summed E-state index contributed by atoms with van der Waals surface area (Å²) in [7, 11) is 0. The monoisotopic (exact) mass is 415 g/mol. The summed E-state index contributed by atoms with van der Waals surface area (Å²) in [6, 6.07) is 9.22. The number of thiophene rings is 1. The average molecular weight is 416 g/mol. The molecule has 0 radical (unpaired) electrons. The van der Waals surface area contributed by atoms with Gasteiger partial charge in [0.05, 0.1) is 12.6 Å². The summed E-state index contributed by atoms with van der Waals surface area (Å²) in [6.45, 7) is 8.19. The largest absolute Gasteiger partial charge is 0.334 e. The Bertz CT molecular complexity index is 822. The van der Waals surface area contributed by atoms with Crippen LogP contribution >= 0.6 is 11.3 Å². The molecule has 1 atom stereocenters. The molecule has 0 N–H and O–H groups in total. The number of benzene rings is 1. The number of fused-ring (bicyclic) bond motifs is 1. The molecular formula is C23H30FN3OS. The van der Waals surface area contributed by atoms with E-state index < -0.39 is 0 Å². The first-order chi connectivity index (χ1) is 14.1. The van der Waals surface area contributed by atoms with Crippen LogP contribution in [0.25, 0.3) is 0 Å². The SMILES string of the molecule is CCC1c2ccsc2CCN1C(=O)CN1CCCN(Cc2ccc(F)cc2)CC1. The van der Waals surface area contributed by atoms with Crippen LogP contribution in [-0.4, -0.2) is 59.9 Å². The van der Waals surface area contributed by atoms with E-state index in [1.165, 1.54) is 22.6 Å². The molecule has 0 aliphatic carbocycles. The minimum atomic E-state index is -0.188. The normalized spacial score (nSPS) is 21.0. The Morgan fingerprint density at radius 1 is 1.07 bits per heavy atom. The van der Waals surface area contributed by atoms with Crippen LogP contribution in [0.5, 0.6) is 0 Å². The molecule has 1 aromatic heterocycles. The van der Waals surface area contributed by atoms with Gasteiger partial charge in [0.25, 0.3) is 0 Å². The second kappa shape index (κ2) is 9.37. The van der Waals surface area contributed by atoms with Crippen molar-refractivity contribution >= 4 is 17.2 Å². The molecule has 2 aliphatic rings. The van der Waals surface area contributed by atoms with Crippen molar-refractivity contribution in [3.8, 4) is 0 Å². The third kappa shape index (κ3) is 4.87. The number of nitrogens with zero attached hydrogens (tertiary/aromatic N) is 3. The number of hydrogen-bond acceptors (Lipinski definition) is 4. The number of halogens is 1. The van der Waals surface area contributed by atoms with Crippen molar-refractivity contribution in [1.82, 2.24) is 14.7 Å². The number of amides is 1. The van der Waals surface area contributed by atoms with Crippen molar-refractivity contribution in [2.75, 3.05) is 39.3 Å². The van der Waals surface area contributed by atoms with Crippen molar-refractivity contribution < 1.29 is 9.18 Å². The van der Waals surface area contributed by atoms with E-state index >= 15 is 0 Å². The van der Waals surface area contributed by atoms with Crippen molar-refractivity contribution in [1.29, 1.82) is 0 Å². The topological polar surface area (TPSA) is 26.8 Å². The van der Waals surface area contributed by atoms with Gasteiger partial charge in [-0.05, 0) is 67.1 Å². The maximum Gasteiger partial charge on any atom is 0.237 e. The zero-order valence-corrected chi connectivity index (χ0v) is 18.0. The predicted molar refractivity (Wildman–Crippen MR) is 116 cm³/mol. The fourth-order valence-corrected chi connectivity index (χ4v) is 5.53. The van der Waals surface area contributed by atoms with Crippen molar-refractivity contribution in [3.63, 3.8) is 0 Å². The van der Waals surface area contributed by atoms with Gasteiger partial charge in [0, 0.05) is 31.1 Å². The molecule has 1 saturated heterocycles. The molecule has 0 bridgehead atoms. The number of carbonyl (C=O) groups excluding carboxylic acids is 1. The van der Waals surface area contributed by atoms with Crippen molar-refractivity contribution in [2.45, 2.75) is 38.8 Å². The highest BCUT2D eigenvalue weighted by Crippen LogP contribution is 2.35. The third-order valence-electron chi connectivity index (χ3n) is 6.16. The van der Waals surface area contributed by atoms with Crippen LogP contribution in [0.3, 0.4) is 0 Å². The molecule has 6 heteroatoms. The summed E-state index contributed by atoms with van der Waals surface area (Å²) >= 11 is 1.82. The van der Waals surface area contributed by atoms with Gasteiger partial charge >= 0.3 is 0 Å². The summed E-state index contributed by atoms with van der Waals surface area (Å²) in [5.41, 5.74) is 2.50. The Labute approximate surface area is 176 Å². The Balaban J connectivity index is 1.32. The Hall–Kier alpha value is -1.76. The Kier molecular flexibility index (Phi) is 6.63. The molecule has 29 heavy (non-hydrogen) atoms. The average Bonchev–Trinajstić information content (AvgIpc) is 3.10. The summed E-state index contributed by atoms with van der Waals surface area (Å²) in [5.74, 6) is 0.0765. The van der Waals surface area contributed by atoms with Crippen LogP contribution in [-0.2, 0) is 17.8 Å². The highest BCUT2D eigenvalue weighted by Gasteiger charge is 2.31. The summed E-state index contributed by atoms with van der Waals surface area (Å²) in [4.78, 5) is 21.4. The minimum absolute atomic E-state index is 0.188. The van der Waals surface area contributed by atoms with E-state index in [4.69, 9.17) is 0 Å². The van der Waals surface area contributed by atoms with Crippen LogP contribution in [0, 0.1) is 5.82 Å². The first-order valence-electron chi connectivity index (χ1n) is 10.7. The van der Waals surface area contributed by atoms with Crippen LogP contribution < -0.4 is 0 Å². The van der Waals surface area contributed by atoms with Gasteiger partial charge in [-0.1, -0.05) is 19.1 Å². The quantitative estimate of drug-likeness (QED) is 0.740. The van der Waals surface area contributed by atoms with Crippen LogP contribution in [0.4, 0.5) is 4.39 Å². The molecule has 2 aliphatic heterocycles. The molecule has 1 fully saturated rings. The standard InChI is InChI=1S/C23H30FN3OS/c1-2-21-20-9-15-29-22(20)8-12-27(21)23(28)17-26-11-3-10-25(13-14-26)16-18-4-6-19(24)7-5-18/h4-7,9,15,21H,2-3,8,10-14,16-17H2,1H3. The van der Waals surface area contributed by atoms with Gasteiger partial charge in [-0.25, -0.2) is 4.39 Å². The summed E-state index contributed by atoms with van der Waals surface area (Å²) in [5, 5.41) is 2.16. The molecule has 4 nitrogen and oxygen atoms in total. The van der Waals surface area contributed by atoms with E-state index in [9.17, 15) is 9.18 Å². The first kappa shape index (κ1) is 20.5. The van der Waals surface area contributed by atoms with Gasteiger partial charge in [-0.15, -0.1) is 11.3 Å². The fourth-order valence-electron chi connectivity index (χ4n) is 4.61. The molecule has 156 valence electrons. The van der Waals surface area contributed by atoms with Gasteiger partial charge in [-0.3, -0.25) is 14.6 Å². The van der Waals surface area contributed by atoms with Gasteiger partial charge < -0.3 is 4.90 Å². The Morgan fingerprint density at radius 2 is 1.83 bits per heavy atom. The van der Waals surface area contributed by atoms with E-state index in [0.717, 1.165) is 64.1 Å². The van der Waals surface area contributed by atoms with E-state index in [0.29, 0.717) is 6.54 Å². The van der Waals surface area contributed by atoms with Crippen LogP contribution in [0.1, 0.15) is 41.8 Å². The number of carbonyl (C=O) groups is 1. The molecule has 1 amide bonds. The van der Waals surface area contributed by atoms with Gasteiger partial charge in [-0.2, -0.15) is 0 Å². The second-order valence-electron chi connectivity index (χ2n) is 8.09. The van der Waals surface area contributed by atoms with E-state index in [2.05, 4.69) is 33.1 Å². The predicted octanol–water partition coefficient (Wildman–Crippen LogP) is 3.93. The lowest BCUT2D eigenvalue weighted by molar-refractivity contribution is -0.135. The zero-order chi connectivity index (χ0) is 20.2. The summed E-state index contributed by atoms with van der Waals surface area (Å²) < 4.78 is 13.1. The third-order valence-corrected chi connectivity index (χ3v) is 7.16. The number of hydrogen-bond donors (Lipinski definition) is 0. The lowest BCUT2D eigenvalue weighted by Crippen LogP contribution is -2.45. The van der Waals surface area contributed by atoms with E-state index in [-0.39, 0.29) is 17.8 Å². The maximum atomic E-state index is 13.1. The van der Waals surface area contributed by atoms with Gasteiger partial charge in [0.15, 0.2) is 0 Å². The lowest BCUT2D eigenvalue weighted by Gasteiger charge is -2.36. The van der Waals surface area contributed by atoms with E-state index in [1.807, 2.05) is 23.5 Å². The molecule has 2 aromatic rings. The maximum absolute atomic E-state index is 13.1. The van der Waals surface area contributed by atoms with Crippen LogP contribution in [0.15, 0.2) is 35.7 Å². The highest BCUT2D eigenvalue weighted by atomic mass is 32.1. The zero-order valence-electron chi connectivity index (χ0n) is 17.1. The molecule has 0 saturated carbocycles. The lowest BCUT2D eigenvalue weighted by atomic mass is 9.97. The number of rotatable bonds is 5. The molecule has 4 rings (SSSR count). The second-order valence-corrected chi connectivity index (χ2v) is 9.09. The van der Waals surface area contributed by atoms with Crippen molar-refractivity contribution in [2.24, 2.45) is 0 Å². The minimum Gasteiger partial charge on any atom is -0.334 e. The van der Waals surface area contributed by atoms with E-state index in [1.54, 1.807) is 0 Å². The van der Waals surface area contributed by atoms with Gasteiger partial charge in [0.2, 0.25) is 5.91 Å². The first-order valence-corrected chi connectivity index (χ1v) is 11.6. The molecular weight excluding hydrogens is 385 g/mol. The molecule has 0 spiro atoms. The van der Waals surface area contributed by atoms with Crippen molar-refractivity contribution in [3.05, 3.63) is 57.5 Å². The van der Waals surface area contributed by atoms with Gasteiger partial charge in [0.1, 0.15) is 5.82 Å². The smallest absolute Gasteiger partial charge is 0.237 e. The highest BCUT2D eigenvalue weighted by molar-refractivity contribution is 7.10. The summed E-state index contributed by atoms with van der Waals surface area (Å²) in [6.07, 6.45) is 3.02. The molecule has 3 heterocycles.